The SMILES string of the molecule is NC(=O)NCCn1c(C(F)(F)F)nc2c1CCNC2. The van der Waals surface area contributed by atoms with Crippen molar-refractivity contribution in [3.8, 4) is 0 Å². The number of nitrogens with one attached hydrogen (secondary N) is 2. The molecule has 0 radical (unpaired) electrons. The van der Waals surface area contributed by atoms with E-state index in [4.69, 9.17) is 5.73 Å². The highest BCUT2D eigenvalue weighted by molar-refractivity contribution is 5.71. The predicted octanol–water partition coefficient (Wildman–Crippen LogP) is 0.216. The predicted molar refractivity (Wildman–Crippen MR) is 60.2 cm³/mol. The van der Waals surface area contributed by atoms with E-state index in [1.807, 2.05) is 0 Å². The number of fused-ring (bicyclic) bond motifs is 1. The molecule has 1 aromatic heterocycles. The van der Waals surface area contributed by atoms with Crippen LogP contribution in [0.25, 0.3) is 0 Å². The van der Waals surface area contributed by atoms with Gasteiger partial charge in [-0.3, -0.25) is 0 Å². The third-order valence-electron chi connectivity index (χ3n) is 2.87. The molecule has 0 aliphatic carbocycles. The quantitative estimate of drug-likeness (QED) is 0.738. The average molecular weight is 277 g/mol. The summed E-state index contributed by atoms with van der Waals surface area (Å²) in [7, 11) is 0. The lowest BCUT2D eigenvalue weighted by molar-refractivity contribution is -0.147. The van der Waals surface area contributed by atoms with Gasteiger partial charge in [0.25, 0.3) is 0 Å². The van der Waals surface area contributed by atoms with Crippen LogP contribution in [0.5, 0.6) is 0 Å². The molecule has 0 atom stereocenters. The summed E-state index contributed by atoms with van der Waals surface area (Å²) in [6, 6.07) is -0.760. The van der Waals surface area contributed by atoms with Crippen LogP contribution in [0.4, 0.5) is 18.0 Å². The number of nitrogens with zero attached hydrogens (tertiary/aromatic N) is 2. The first kappa shape index (κ1) is 13.7. The number of alkyl halides is 3. The van der Waals surface area contributed by atoms with Crippen molar-refractivity contribution in [1.29, 1.82) is 0 Å². The van der Waals surface area contributed by atoms with E-state index in [0.717, 1.165) is 4.57 Å². The van der Waals surface area contributed by atoms with Crippen molar-refractivity contribution in [2.45, 2.75) is 25.7 Å². The molecule has 0 fully saturated rings. The molecule has 9 heteroatoms. The topological polar surface area (TPSA) is 85.0 Å². The van der Waals surface area contributed by atoms with Crippen molar-refractivity contribution in [2.75, 3.05) is 13.1 Å². The minimum Gasteiger partial charge on any atom is -0.352 e. The number of imidazole rings is 1. The first-order valence-electron chi connectivity index (χ1n) is 5.79. The maximum atomic E-state index is 12.9. The molecule has 1 aromatic rings. The molecule has 1 aliphatic heterocycles. The van der Waals surface area contributed by atoms with Crippen LogP contribution >= 0.6 is 0 Å². The van der Waals surface area contributed by atoms with Crippen LogP contribution in [0.3, 0.4) is 0 Å². The summed E-state index contributed by atoms with van der Waals surface area (Å²) in [5.41, 5.74) is 5.87. The molecule has 6 nitrogen and oxygen atoms in total. The molecule has 2 amide bonds. The number of halogens is 3. The minimum atomic E-state index is -4.51. The Morgan fingerprint density at radius 2 is 2.26 bits per heavy atom. The molecule has 0 spiro atoms. The molecule has 1 aliphatic rings. The van der Waals surface area contributed by atoms with Gasteiger partial charge >= 0.3 is 12.2 Å². The fourth-order valence-electron chi connectivity index (χ4n) is 2.12. The van der Waals surface area contributed by atoms with Crippen molar-refractivity contribution in [3.05, 3.63) is 17.2 Å². The Morgan fingerprint density at radius 3 is 2.89 bits per heavy atom. The Hall–Kier alpha value is -1.77. The monoisotopic (exact) mass is 277 g/mol. The second-order valence-electron chi connectivity index (χ2n) is 4.20. The van der Waals surface area contributed by atoms with Crippen LogP contribution in [-0.4, -0.2) is 28.7 Å². The van der Waals surface area contributed by atoms with Gasteiger partial charge in [-0.25, -0.2) is 9.78 Å². The second kappa shape index (κ2) is 5.08. The molecule has 0 saturated carbocycles. The molecule has 2 rings (SSSR count). The maximum absolute atomic E-state index is 12.9. The van der Waals surface area contributed by atoms with Gasteiger partial charge in [0.2, 0.25) is 5.82 Å². The van der Waals surface area contributed by atoms with Crippen LogP contribution in [0.2, 0.25) is 0 Å². The molecular formula is C10H14F3N5O. The van der Waals surface area contributed by atoms with Gasteiger partial charge < -0.3 is 20.9 Å². The zero-order chi connectivity index (χ0) is 14.0. The number of aromatic nitrogens is 2. The summed E-state index contributed by atoms with van der Waals surface area (Å²) in [5.74, 6) is -0.924. The minimum absolute atomic E-state index is 0.000116. The van der Waals surface area contributed by atoms with Crippen LogP contribution < -0.4 is 16.4 Å². The largest absolute Gasteiger partial charge is 0.449 e. The van der Waals surface area contributed by atoms with Gasteiger partial charge in [-0.1, -0.05) is 0 Å². The number of primary amides is 1. The van der Waals surface area contributed by atoms with Gasteiger partial charge in [0.15, 0.2) is 0 Å². The molecule has 106 valence electrons. The Bertz CT molecular complexity index is 482. The van der Waals surface area contributed by atoms with Gasteiger partial charge in [0, 0.05) is 38.3 Å². The first-order valence-corrected chi connectivity index (χ1v) is 5.79. The number of carbonyl (C=O) groups is 1. The molecular weight excluding hydrogens is 263 g/mol. The van der Waals surface area contributed by atoms with Crippen LogP contribution in [0.15, 0.2) is 0 Å². The Labute approximate surface area is 107 Å². The van der Waals surface area contributed by atoms with Gasteiger partial charge in [0.1, 0.15) is 0 Å². The van der Waals surface area contributed by atoms with E-state index in [1.165, 1.54) is 0 Å². The normalized spacial score (nSPS) is 15.1. The lowest BCUT2D eigenvalue weighted by Gasteiger charge is -2.16. The summed E-state index contributed by atoms with van der Waals surface area (Å²) in [6.45, 7) is 0.975. The zero-order valence-electron chi connectivity index (χ0n) is 10.0. The van der Waals surface area contributed by atoms with Gasteiger partial charge in [-0.05, 0) is 0 Å². The number of rotatable bonds is 3. The molecule has 4 N–H and O–H groups in total. The van der Waals surface area contributed by atoms with E-state index in [-0.39, 0.29) is 13.1 Å². The molecule has 0 aromatic carbocycles. The lowest BCUT2D eigenvalue weighted by Crippen LogP contribution is -2.33. The summed E-state index contributed by atoms with van der Waals surface area (Å²) < 4.78 is 39.8. The van der Waals surface area contributed by atoms with E-state index in [2.05, 4.69) is 15.6 Å². The van der Waals surface area contributed by atoms with Crippen molar-refractivity contribution in [3.63, 3.8) is 0 Å². The smallest absolute Gasteiger partial charge is 0.352 e. The third kappa shape index (κ3) is 2.98. The fourth-order valence-corrected chi connectivity index (χ4v) is 2.12. The van der Waals surface area contributed by atoms with E-state index < -0.39 is 18.0 Å². The Kier molecular flexibility index (Phi) is 3.65. The summed E-state index contributed by atoms with van der Waals surface area (Å²) in [5, 5.41) is 5.25. The maximum Gasteiger partial charge on any atom is 0.449 e. The van der Waals surface area contributed by atoms with E-state index in [9.17, 15) is 18.0 Å². The van der Waals surface area contributed by atoms with Crippen molar-refractivity contribution >= 4 is 6.03 Å². The highest BCUT2D eigenvalue weighted by Gasteiger charge is 2.39. The second-order valence-corrected chi connectivity index (χ2v) is 4.20. The number of nitrogens with two attached hydrogens (primary N) is 1. The fraction of sp³-hybridized carbons (Fsp3) is 0.600. The van der Waals surface area contributed by atoms with Gasteiger partial charge in [-0.2, -0.15) is 13.2 Å². The van der Waals surface area contributed by atoms with Crippen LogP contribution in [-0.2, 0) is 25.7 Å². The van der Waals surface area contributed by atoms with Gasteiger partial charge in [-0.15, -0.1) is 0 Å². The highest BCUT2D eigenvalue weighted by atomic mass is 19.4. The zero-order valence-corrected chi connectivity index (χ0v) is 10.0. The van der Waals surface area contributed by atoms with Crippen molar-refractivity contribution in [1.82, 2.24) is 20.2 Å². The summed E-state index contributed by atoms with van der Waals surface area (Å²) >= 11 is 0. The number of urea groups is 1. The van der Waals surface area contributed by atoms with Crippen LogP contribution in [0.1, 0.15) is 17.2 Å². The third-order valence-corrected chi connectivity index (χ3v) is 2.87. The van der Waals surface area contributed by atoms with E-state index >= 15 is 0 Å². The van der Waals surface area contributed by atoms with Crippen LogP contribution in [0, 0.1) is 0 Å². The van der Waals surface area contributed by atoms with Gasteiger partial charge in [0.05, 0.1) is 5.69 Å². The standard InChI is InChI=1S/C10H14F3N5O/c11-10(12,13)8-17-6-5-15-2-1-7(6)18(8)4-3-16-9(14)19/h15H,1-5H2,(H3,14,16,19). The van der Waals surface area contributed by atoms with E-state index in [1.54, 1.807) is 0 Å². The molecule has 19 heavy (non-hydrogen) atoms. The van der Waals surface area contributed by atoms with Crippen molar-refractivity contribution in [2.24, 2.45) is 5.73 Å². The Morgan fingerprint density at radius 1 is 1.53 bits per heavy atom. The molecule has 2 heterocycles. The first-order chi connectivity index (χ1) is 8.89. The van der Waals surface area contributed by atoms with Crippen molar-refractivity contribution < 1.29 is 18.0 Å². The number of carbonyl (C=O) groups excluding carboxylic acids is 1. The van der Waals surface area contributed by atoms with E-state index in [0.29, 0.717) is 30.9 Å². The molecule has 0 bridgehead atoms. The average Bonchev–Trinajstić information content (AvgIpc) is 2.68. The molecule has 0 saturated heterocycles. The summed E-state index contributed by atoms with van der Waals surface area (Å²) in [6.07, 6.45) is -4.03. The molecule has 0 unspecified atom stereocenters. The Balaban J connectivity index is 2.27. The number of amides is 2. The highest BCUT2D eigenvalue weighted by Crippen LogP contribution is 2.31. The number of hydrogen-bond donors (Lipinski definition) is 3. The summed E-state index contributed by atoms with van der Waals surface area (Å²) in [4.78, 5) is 14.2. The lowest BCUT2D eigenvalue weighted by atomic mass is 10.2. The number of hydrogen-bond acceptors (Lipinski definition) is 3.